The van der Waals surface area contributed by atoms with Crippen LogP contribution in [-0.4, -0.2) is 27.2 Å². The van der Waals surface area contributed by atoms with Crippen molar-refractivity contribution in [1.29, 1.82) is 0 Å². The molecule has 1 heterocycles. The van der Waals surface area contributed by atoms with Crippen LogP contribution in [0, 0.1) is 24.0 Å². The third kappa shape index (κ3) is 4.16. The first-order valence-corrected chi connectivity index (χ1v) is 7.91. The van der Waals surface area contributed by atoms with Crippen molar-refractivity contribution in [3.8, 4) is 0 Å². The summed E-state index contributed by atoms with van der Waals surface area (Å²) < 4.78 is 2.89. The van der Waals surface area contributed by atoms with E-state index in [4.69, 9.17) is 0 Å². The van der Waals surface area contributed by atoms with Gasteiger partial charge in [-0.05, 0) is 42.3 Å². The molecular weight excluding hydrogens is 364 g/mol. The second-order valence-corrected chi connectivity index (χ2v) is 5.92. The maximum Gasteiger partial charge on any atom is 0.270 e. The van der Waals surface area contributed by atoms with Gasteiger partial charge in [-0.25, -0.2) is 0 Å². The predicted molar refractivity (Wildman–Crippen MR) is 89.4 cm³/mol. The summed E-state index contributed by atoms with van der Waals surface area (Å²) in [5.74, 6) is -0.316. The zero-order valence-corrected chi connectivity index (χ0v) is 14.5. The van der Waals surface area contributed by atoms with Crippen molar-refractivity contribution in [2.75, 3.05) is 6.54 Å². The highest BCUT2D eigenvalue weighted by molar-refractivity contribution is 9.10. The van der Waals surface area contributed by atoms with Gasteiger partial charge in [0.05, 0.1) is 15.1 Å². The molecular formula is C15H17BrN4O3. The number of nitrogens with one attached hydrogen (secondary N) is 1. The van der Waals surface area contributed by atoms with Gasteiger partial charge in [-0.3, -0.25) is 19.6 Å². The van der Waals surface area contributed by atoms with Gasteiger partial charge in [-0.1, -0.05) is 6.07 Å². The SMILES string of the molecule is Cc1nn(CCCNC(=O)c2cccc([N+](=O)[O-])c2)c(C)c1Br. The maximum absolute atomic E-state index is 12.0. The average Bonchev–Trinajstić information content (AvgIpc) is 2.78. The third-order valence-corrected chi connectivity index (χ3v) is 4.59. The van der Waals surface area contributed by atoms with Crippen LogP contribution in [0.15, 0.2) is 28.7 Å². The molecule has 0 saturated heterocycles. The number of hydrogen-bond acceptors (Lipinski definition) is 4. The molecule has 1 aromatic heterocycles. The highest BCUT2D eigenvalue weighted by Gasteiger charge is 2.11. The van der Waals surface area contributed by atoms with Crippen molar-refractivity contribution in [3.05, 3.63) is 55.8 Å². The molecule has 0 spiro atoms. The van der Waals surface area contributed by atoms with Gasteiger partial charge in [-0.2, -0.15) is 5.10 Å². The summed E-state index contributed by atoms with van der Waals surface area (Å²) in [7, 11) is 0. The number of carbonyl (C=O) groups is 1. The molecule has 1 aromatic carbocycles. The predicted octanol–water partition coefficient (Wildman–Crippen LogP) is 2.99. The molecule has 0 unspecified atom stereocenters. The number of non-ortho nitro benzene ring substituents is 1. The Bertz CT molecular complexity index is 742. The van der Waals surface area contributed by atoms with Crippen LogP contribution >= 0.6 is 15.9 Å². The second kappa shape index (κ2) is 7.36. The van der Waals surface area contributed by atoms with Crippen LogP contribution in [0.4, 0.5) is 5.69 Å². The molecule has 23 heavy (non-hydrogen) atoms. The van der Waals surface area contributed by atoms with Crippen molar-refractivity contribution >= 4 is 27.5 Å². The van der Waals surface area contributed by atoms with Crippen LogP contribution in [0.1, 0.15) is 28.2 Å². The Hall–Kier alpha value is -2.22. The van der Waals surface area contributed by atoms with Gasteiger partial charge >= 0.3 is 0 Å². The Labute approximate surface area is 142 Å². The molecule has 1 N–H and O–H groups in total. The highest BCUT2D eigenvalue weighted by atomic mass is 79.9. The van der Waals surface area contributed by atoms with E-state index in [1.807, 2.05) is 18.5 Å². The monoisotopic (exact) mass is 380 g/mol. The topological polar surface area (TPSA) is 90.1 Å². The van der Waals surface area contributed by atoms with Gasteiger partial charge in [0.25, 0.3) is 11.6 Å². The lowest BCUT2D eigenvalue weighted by Crippen LogP contribution is -2.25. The average molecular weight is 381 g/mol. The first kappa shape index (κ1) is 17.1. The number of hydrogen-bond donors (Lipinski definition) is 1. The quantitative estimate of drug-likeness (QED) is 0.473. The zero-order valence-electron chi connectivity index (χ0n) is 12.9. The van der Waals surface area contributed by atoms with Gasteiger partial charge in [0.2, 0.25) is 0 Å². The molecule has 7 nitrogen and oxygen atoms in total. The smallest absolute Gasteiger partial charge is 0.270 e. The summed E-state index contributed by atoms with van der Waals surface area (Å²) in [6.07, 6.45) is 0.717. The minimum Gasteiger partial charge on any atom is -0.352 e. The van der Waals surface area contributed by atoms with Crippen molar-refractivity contribution in [1.82, 2.24) is 15.1 Å². The van der Waals surface area contributed by atoms with Crippen LogP contribution in [-0.2, 0) is 6.54 Å². The van der Waals surface area contributed by atoms with Gasteiger partial charge < -0.3 is 5.32 Å². The number of nitro groups is 1. The number of amides is 1. The van der Waals surface area contributed by atoms with Crippen LogP contribution < -0.4 is 5.32 Å². The molecule has 0 aliphatic carbocycles. The molecule has 122 valence electrons. The number of nitro benzene ring substituents is 1. The van der Waals surface area contributed by atoms with Gasteiger partial charge in [0.15, 0.2) is 0 Å². The van der Waals surface area contributed by atoms with Crippen LogP contribution in [0.5, 0.6) is 0 Å². The number of rotatable bonds is 6. The minimum atomic E-state index is -0.516. The fourth-order valence-corrected chi connectivity index (χ4v) is 2.47. The normalized spacial score (nSPS) is 10.6. The summed E-state index contributed by atoms with van der Waals surface area (Å²) in [6.45, 7) is 5.06. The van der Waals surface area contributed by atoms with E-state index in [1.165, 1.54) is 18.2 Å². The standard InChI is InChI=1S/C15H17BrN4O3/c1-10-14(16)11(2)19(18-10)8-4-7-17-15(21)12-5-3-6-13(9-12)20(22)23/h3,5-6,9H,4,7-8H2,1-2H3,(H,17,21). The molecule has 0 saturated carbocycles. The van der Waals surface area contributed by atoms with Crippen molar-refractivity contribution in [3.63, 3.8) is 0 Å². The van der Waals surface area contributed by atoms with E-state index in [2.05, 4.69) is 26.3 Å². The summed E-state index contributed by atoms with van der Waals surface area (Å²) in [5.41, 5.74) is 2.17. The van der Waals surface area contributed by atoms with E-state index in [0.717, 1.165) is 22.3 Å². The molecule has 0 radical (unpaired) electrons. The molecule has 2 aromatic rings. The highest BCUT2D eigenvalue weighted by Crippen LogP contribution is 2.19. The molecule has 1 amide bonds. The molecule has 0 fully saturated rings. The van der Waals surface area contributed by atoms with Gasteiger partial charge in [-0.15, -0.1) is 0 Å². The van der Waals surface area contributed by atoms with Crippen molar-refractivity contribution in [2.24, 2.45) is 0 Å². The van der Waals surface area contributed by atoms with E-state index in [1.54, 1.807) is 6.07 Å². The summed E-state index contributed by atoms with van der Waals surface area (Å²) in [6, 6.07) is 5.69. The number of halogens is 1. The second-order valence-electron chi connectivity index (χ2n) is 5.12. The van der Waals surface area contributed by atoms with Gasteiger partial charge in [0.1, 0.15) is 0 Å². The Kier molecular flexibility index (Phi) is 5.49. The van der Waals surface area contributed by atoms with Crippen LogP contribution in [0.2, 0.25) is 0 Å². The lowest BCUT2D eigenvalue weighted by Gasteiger charge is -2.07. The number of benzene rings is 1. The fourth-order valence-electron chi connectivity index (χ4n) is 2.19. The lowest BCUT2D eigenvalue weighted by molar-refractivity contribution is -0.384. The maximum atomic E-state index is 12.0. The van der Waals surface area contributed by atoms with E-state index >= 15 is 0 Å². The van der Waals surface area contributed by atoms with E-state index in [-0.39, 0.29) is 17.2 Å². The van der Waals surface area contributed by atoms with E-state index < -0.39 is 4.92 Å². The van der Waals surface area contributed by atoms with Crippen molar-refractivity contribution in [2.45, 2.75) is 26.8 Å². The Balaban J connectivity index is 1.86. The number of aryl methyl sites for hydroxylation is 2. The first-order valence-electron chi connectivity index (χ1n) is 7.12. The van der Waals surface area contributed by atoms with Crippen LogP contribution in [0.3, 0.4) is 0 Å². The zero-order chi connectivity index (χ0) is 17.0. The number of carbonyl (C=O) groups excluding carboxylic acids is 1. The molecule has 0 aliphatic heterocycles. The Morgan fingerprint density at radius 1 is 1.43 bits per heavy atom. The molecule has 8 heteroatoms. The molecule has 0 aliphatic rings. The Morgan fingerprint density at radius 3 is 2.78 bits per heavy atom. The van der Waals surface area contributed by atoms with Gasteiger partial charge in [0, 0.05) is 36.5 Å². The Morgan fingerprint density at radius 2 is 2.17 bits per heavy atom. The third-order valence-electron chi connectivity index (χ3n) is 3.44. The van der Waals surface area contributed by atoms with Crippen molar-refractivity contribution < 1.29 is 9.72 Å². The largest absolute Gasteiger partial charge is 0.352 e. The summed E-state index contributed by atoms with van der Waals surface area (Å²) in [5, 5.41) is 17.9. The summed E-state index contributed by atoms with van der Waals surface area (Å²) in [4.78, 5) is 22.2. The number of aromatic nitrogens is 2. The molecule has 2 rings (SSSR count). The minimum absolute atomic E-state index is 0.0925. The van der Waals surface area contributed by atoms with E-state index in [9.17, 15) is 14.9 Å². The first-order chi connectivity index (χ1) is 10.9. The molecule has 0 bridgehead atoms. The number of nitrogens with zero attached hydrogens (tertiary/aromatic N) is 3. The summed E-state index contributed by atoms with van der Waals surface area (Å²) >= 11 is 3.47. The fraction of sp³-hybridized carbons (Fsp3) is 0.333. The lowest BCUT2D eigenvalue weighted by atomic mass is 10.2. The molecule has 0 atom stereocenters. The van der Waals surface area contributed by atoms with E-state index in [0.29, 0.717) is 13.1 Å². The van der Waals surface area contributed by atoms with Crippen LogP contribution in [0.25, 0.3) is 0 Å².